The molecule has 4 heteroatoms. The third-order valence-corrected chi connectivity index (χ3v) is 2.91. The smallest absolute Gasteiger partial charge is 0.236 e. The molecule has 1 aromatic rings. The predicted molar refractivity (Wildman–Crippen MR) is 60.7 cm³/mol. The monoisotopic (exact) mass is 271 g/mol. The normalized spacial score (nSPS) is 17.5. The van der Waals surface area contributed by atoms with Crippen molar-refractivity contribution in [3.05, 3.63) is 24.2 Å². The van der Waals surface area contributed by atoms with E-state index in [9.17, 15) is 4.79 Å². The molecule has 0 spiro atoms. The van der Waals surface area contributed by atoms with E-state index in [0.29, 0.717) is 12.6 Å². The van der Waals surface area contributed by atoms with Crippen LogP contribution in [0.4, 0.5) is 0 Å². The highest BCUT2D eigenvalue weighted by Gasteiger charge is 2.34. The molecular formula is C11H14BrNO2. The summed E-state index contributed by atoms with van der Waals surface area (Å²) in [5.41, 5.74) is 0. The third-order valence-electron chi connectivity index (χ3n) is 2.52. The Morgan fingerprint density at radius 3 is 2.93 bits per heavy atom. The van der Waals surface area contributed by atoms with Crippen LogP contribution in [0.25, 0.3) is 0 Å². The second-order valence-electron chi connectivity index (χ2n) is 3.89. The van der Waals surface area contributed by atoms with E-state index >= 15 is 0 Å². The Kier molecular flexibility index (Phi) is 3.14. The van der Waals surface area contributed by atoms with E-state index in [1.54, 1.807) is 6.26 Å². The van der Waals surface area contributed by atoms with Crippen LogP contribution in [0.1, 0.15) is 25.5 Å². The maximum atomic E-state index is 11.9. The average molecular weight is 272 g/mol. The molecular weight excluding hydrogens is 258 g/mol. The Bertz CT molecular complexity index is 330. The first-order valence-corrected chi connectivity index (χ1v) is 6.07. The van der Waals surface area contributed by atoms with Gasteiger partial charge in [-0.2, -0.15) is 0 Å². The molecule has 0 bridgehead atoms. The molecule has 1 atom stereocenters. The van der Waals surface area contributed by atoms with Gasteiger partial charge in [-0.15, -0.1) is 0 Å². The molecule has 1 aromatic heterocycles. The molecule has 1 unspecified atom stereocenters. The van der Waals surface area contributed by atoms with Gasteiger partial charge in [-0.05, 0) is 31.9 Å². The molecule has 1 saturated carbocycles. The molecule has 0 N–H and O–H groups in total. The number of halogens is 1. The van der Waals surface area contributed by atoms with Crippen molar-refractivity contribution < 1.29 is 9.21 Å². The minimum Gasteiger partial charge on any atom is -0.467 e. The fraction of sp³-hybridized carbons (Fsp3) is 0.545. The zero-order valence-electron chi connectivity index (χ0n) is 8.65. The highest BCUT2D eigenvalue weighted by Crippen LogP contribution is 2.29. The van der Waals surface area contributed by atoms with E-state index in [2.05, 4.69) is 15.9 Å². The summed E-state index contributed by atoms with van der Waals surface area (Å²) in [6.45, 7) is 2.45. The Hall–Kier alpha value is -0.770. The number of rotatable bonds is 4. The molecule has 1 amide bonds. The number of hydrogen-bond donors (Lipinski definition) is 0. The number of nitrogens with zero attached hydrogens (tertiary/aromatic N) is 1. The first kappa shape index (κ1) is 10.7. The summed E-state index contributed by atoms with van der Waals surface area (Å²) < 4.78 is 5.26. The number of hydrogen-bond acceptors (Lipinski definition) is 2. The van der Waals surface area contributed by atoms with E-state index < -0.39 is 0 Å². The minimum absolute atomic E-state index is 0.118. The van der Waals surface area contributed by atoms with Gasteiger partial charge in [-0.25, -0.2) is 0 Å². The zero-order valence-corrected chi connectivity index (χ0v) is 10.2. The van der Waals surface area contributed by atoms with Crippen molar-refractivity contribution in [3.8, 4) is 0 Å². The molecule has 2 rings (SSSR count). The molecule has 0 aromatic carbocycles. The molecule has 0 radical (unpaired) electrons. The van der Waals surface area contributed by atoms with E-state index in [-0.39, 0.29) is 10.7 Å². The topological polar surface area (TPSA) is 33.5 Å². The summed E-state index contributed by atoms with van der Waals surface area (Å²) in [4.78, 5) is 13.7. The van der Waals surface area contributed by atoms with Crippen LogP contribution in [0.5, 0.6) is 0 Å². The van der Waals surface area contributed by atoms with Crippen LogP contribution in [0, 0.1) is 0 Å². The highest BCUT2D eigenvalue weighted by atomic mass is 79.9. The van der Waals surface area contributed by atoms with Crippen LogP contribution in [0.3, 0.4) is 0 Å². The maximum absolute atomic E-state index is 11.9. The summed E-state index contributed by atoms with van der Waals surface area (Å²) in [5.74, 6) is 0.998. The molecule has 1 aliphatic rings. The fourth-order valence-electron chi connectivity index (χ4n) is 1.57. The van der Waals surface area contributed by atoms with Crippen molar-refractivity contribution >= 4 is 21.8 Å². The van der Waals surface area contributed by atoms with Crippen LogP contribution in [0.2, 0.25) is 0 Å². The van der Waals surface area contributed by atoms with E-state index in [1.165, 1.54) is 0 Å². The standard InChI is InChI=1S/C11H14BrNO2/c1-8(12)11(14)13(9-4-5-9)7-10-3-2-6-15-10/h2-3,6,8-9H,4-5,7H2,1H3. The summed E-state index contributed by atoms with van der Waals surface area (Å²) in [6, 6.07) is 4.17. The molecule has 0 aliphatic heterocycles. The van der Waals surface area contributed by atoms with Crippen molar-refractivity contribution in [2.24, 2.45) is 0 Å². The number of alkyl halides is 1. The first-order chi connectivity index (χ1) is 7.18. The highest BCUT2D eigenvalue weighted by molar-refractivity contribution is 9.10. The van der Waals surface area contributed by atoms with Gasteiger partial charge in [-0.3, -0.25) is 4.79 Å². The van der Waals surface area contributed by atoms with Crippen molar-refractivity contribution in [1.29, 1.82) is 0 Å². The molecule has 15 heavy (non-hydrogen) atoms. The van der Waals surface area contributed by atoms with Gasteiger partial charge in [0.25, 0.3) is 0 Å². The van der Waals surface area contributed by atoms with Crippen molar-refractivity contribution in [2.75, 3.05) is 0 Å². The van der Waals surface area contributed by atoms with Gasteiger partial charge < -0.3 is 9.32 Å². The molecule has 0 saturated heterocycles. The molecule has 1 aliphatic carbocycles. The molecule has 82 valence electrons. The van der Waals surface area contributed by atoms with E-state index in [1.807, 2.05) is 24.0 Å². The number of carbonyl (C=O) groups is 1. The van der Waals surface area contributed by atoms with Gasteiger partial charge in [-0.1, -0.05) is 15.9 Å². The lowest BCUT2D eigenvalue weighted by Gasteiger charge is -2.22. The number of amides is 1. The first-order valence-electron chi connectivity index (χ1n) is 5.15. The minimum atomic E-state index is -0.118. The summed E-state index contributed by atoms with van der Waals surface area (Å²) in [6.07, 6.45) is 3.88. The van der Waals surface area contributed by atoms with Gasteiger partial charge in [0.05, 0.1) is 17.6 Å². The predicted octanol–water partition coefficient (Wildman–Crippen LogP) is 2.55. The average Bonchev–Trinajstić information content (AvgIpc) is 2.92. The largest absolute Gasteiger partial charge is 0.467 e. The van der Waals surface area contributed by atoms with Gasteiger partial charge in [0.1, 0.15) is 5.76 Å². The maximum Gasteiger partial charge on any atom is 0.236 e. The van der Waals surface area contributed by atoms with Crippen LogP contribution < -0.4 is 0 Å². The third kappa shape index (κ3) is 2.62. The van der Waals surface area contributed by atoms with Crippen molar-refractivity contribution in [3.63, 3.8) is 0 Å². The Morgan fingerprint density at radius 2 is 2.47 bits per heavy atom. The van der Waals surface area contributed by atoms with Crippen LogP contribution >= 0.6 is 15.9 Å². The molecule has 1 heterocycles. The SMILES string of the molecule is CC(Br)C(=O)N(Cc1ccco1)C1CC1. The number of furan rings is 1. The van der Waals surface area contributed by atoms with Gasteiger partial charge in [0.2, 0.25) is 5.91 Å². The Labute approximate surface area is 97.6 Å². The number of carbonyl (C=O) groups excluding carboxylic acids is 1. The second kappa shape index (κ2) is 4.39. The van der Waals surface area contributed by atoms with Gasteiger partial charge >= 0.3 is 0 Å². The van der Waals surface area contributed by atoms with E-state index in [0.717, 1.165) is 18.6 Å². The second-order valence-corrected chi connectivity index (χ2v) is 5.27. The summed E-state index contributed by atoms with van der Waals surface area (Å²) in [5, 5.41) is 0. The van der Waals surface area contributed by atoms with Crippen molar-refractivity contribution in [1.82, 2.24) is 4.90 Å². The molecule has 1 fully saturated rings. The summed E-state index contributed by atoms with van der Waals surface area (Å²) in [7, 11) is 0. The van der Waals surface area contributed by atoms with Gasteiger partial charge in [0.15, 0.2) is 0 Å². The summed E-state index contributed by atoms with van der Waals surface area (Å²) >= 11 is 3.32. The quantitative estimate of drug-likeness (QED) is 0.789. The lowest BCUT2D eigenvalue weighted by atomic mass is 10.3. The lowest BCUT2D eigenvalue weighted by Crippen LogP contribution is -2.36. The molecule has 3 nitrogen and oxygen atoms in total. The Balaban J connectivity index is 2.03. The van der Waals surface area contributed by atoms with E-state index in [4.69, 9.17) is 4.42 Å². The van der Waals surface area contributed by atoms with Gasteiger partial charge in [0, 0.05) is 6.04 Å². The fourth-order valence-corrected chi connectivity index (χ4v) is 1.84. The van der Waals surface area contributed by atoms with Crippen LogP contribution in [-0.4, -0.2) is 21.7 Å². The van der Waals surface area contributed by atoms with Crippen LogP contribution in [-0.2, 0) is 11.3 Å². The van der Waals surface area contributed by atoms with Crippen molar-refractivity contribution in [2.45, 2.75) is 37.2 Å². The van der Waals surface area contributed by atoms with Crippen LogP contribution in [0.15, 0.2) is 22.8 Å². The lowest BCUT2D eigenvalue weighted by molar-refractivity contribution is -0.131. The Morgan fingerprint density at radius 1 is 1.73 bits per heavy atom. The zero-order chi connectivity index (χ0) is 10.8.